The van der Waals surface area contributed by atoms with Crippen LogP contribution in [0.15, 0.2) is 0 Å². The average molecular weight is 1230 g/mol. The van der Waals surface area contributed by atoms with Gasteiger partial charge in [-0.1, -0.05) is 272 Å². The Morgan fingerprint density at radius 1 is 0.325 bits per heavy atom. The van der Waals surface area contributed by atoms with Gasteiger partial charge in [-0.2, -0.15) is 0 Å². The summed E-state index contributed by atoms with van der Waals surface area (Å²) < 4.78 is 67.9. The number of ether oxygens (including phenoxy) is 4. The molecule has 0 radical (unpaired) electrons. The third-order valence-electron chi connectivity index (χ3n) is 14.8. The molecular weight excluding hydrogens is 1100 g/mol. The fraction of sp³-hybridized carbons (Fsp3) is 0.938. The van der Waals surface area contributed by atoms with E-state index in [0.717, 1.165) is 115 Å². The fourth-order valence-corrected chi connectivity index (χ4v) is 11.2. The molecule has 0 saturated carbocycles. The lowest BCUT2D eigenvalue weighted by Gasteiger charge is -2.21. The molecule has 0 bridgehead atoms. The molecule has 83 heavy (non-hydrogen) atoms. The molecule has 0 rings (SSSR count). The molecule has 0 heterocycles. The molecule has 2 unspecified atom stereocenters. The first-order valence-electron chi connectivity index (χ1n) is 33.6. The van der Waals surface area contributed by atoms with Gasteiger partial charge in [0.15, 0.2) is 12.2 Å². The molecule has 0 saturated heterocycles. The number of aliphatic hydroxyl groups excluding tert-OH is 1. The number of esters is 4. The summed E-state index contributed by atoms with van der Waals surface area (Å²) in [5, 5.41) is 10.5. The maximum absolute atomic E-state index is 13.0. The summed E-state index contributed by atoms with van der Waals surface area (Å²) in [5.41, 5.74) is 0. The third kappa shape index (κ3) is 58.8. The SMILES string of the molecule is CCCCCCCCCCCCCCCCC(=O)OC[C@H](COP(=O)(O)OC[C@@H](O)COP(=O)(O)OC[C@@H](COC(=O)CCCCCCCCC)OC(=O)CCCCCCCCCC)OC(=O)CCCCCCCCCCCCCC(C)C. The highest BCUT2D eigenvalue weighted by atomic mass is 31.2. The highest BCUT2D eigenvalue weighted by Gasteiger charge is 2.30. The van der Waals surface area contributed by atoms with Crippen molar-refractivity contribution >= 4 is 39.5 Å². The Morgan fingerprint density at radius 3 is 0.819 bits per heavy atom. The van der Waals surface area contributed by atoms with Crippen LogP contribution < -0.4 is 0 Å². The largest absolute Gasteiger partial charge is 0.472 e. The number of unbranched alkanes of at least 4 members (excludes halogenated alkanes) is 36. The van der Waals surface area contributed by atoms with Crippen LogP contribution in [0.5, 0.6) is 0 Å². The Balaban J connectivity index is 5.19. The topological polar surface area (TPSA) is 237 Å². The number of hydrogen-bond donors (Lipinski definition) is 3. The monoisotopic (exact) mass is 1230 g/mol. The zero-order valence-electron chi connectivity index (χ0n) is 53.3. The van der Waals surface area contributed by atoms with Gasteiger partial charge in [-0.05, 0) is 31.6 Å². The molecule has 0 aromatic heterocycles. The fourth-order valence-electron chi connectivity index (χ4n) is 9.58. The minimum Gasteiger partial charge on any atom is -0.462 e. The minimum absolute atomic E-state index is 0.105. The van der Waals surface area contributed by atoms with Crippen molar-refractivity contribution in [1.82, 2.24) is 0 Å². The molecule has 3 N–H and O–H groups in total. The number of aliphatic hydroxyl groups is 1. The Kier molecular flexibility index (Phi) is 56.4. The third-order valence-corrected chi connectivity index (χ3v) is 16.7. The van der Waals surface area contributed by atoms with Gasteiger partial charge in [-0.25, -0.2) is 9.13 Å². The number of phosphoric acid groups is 2. The molecule has 0 fully saturated rings. The van der Waals surface area contributed by atoms with E-state index in [9.17, 15) is 43.2 Å². The van der Waals surface area contributed by atoms with Crippen molar-refractivity contribution in [3.05, 3.63) is 0 Å². The van der Waals surface area contributed by atoms with Crippen LogP contribution >= 0.6 is 15.6 Å². The molecule has 5 atom stereocenters. The highest BCUT2D eigenvalue weighted by molar-refractivity contribution is 7.47. The molecule has 0 aliphatic heterocycles. The summed E-state index contributed by atoms with van der Waals surface area (Å²) in [6.45, 7) is 7.13. The maximum atomic E-state index is 13.0. The van der Waals surface area contributed by atoms with Crippen molar-refractivity contribution in [3.8, 4) is 0 Å². The lowest BCUT2D eigenvalue weighted by molar-refractivity contribution is -0.161. The van der Waals surface area contributed by atoms with E-state index < -0.39 is 97.5 Å². The molecule has 17 nitrogen and oxygen atoms in total. The minimum atomic E-state index is -4.94. The average Bonchev–Trinajstić information content (AvgIpc) is 3.47. The Hall–Kier alpha value is -1.94. The predicted octanol–water partition coefficient (Wildman–Crippen LogP) is 17.8. The molecule has 0 aromatic rings. The first-order valence-corrected chi connectivity index (χ1v) is 36.6. The van der Waals surface area contributed by atoms with Crippen LogP contribution in [-0.2, 0) is 65.4 Å². The first kappa shape index (κ1) is 81.1. The van der Waals surface area contributed by atoms with Crippen LogP contribution in [0.3, 0.4) is 0 Å². The van der Waals surface area contributed by atoms with Crippen LogP contribution in [-0.4, -0.2) is 96.7 Å². The van der Waals surface area contributed by atoms with Crippen molar-refractivity contribution in [2.75, 3.05) is 39.6 Å². The lowest BCUT2D eigenvalue weighted by atomic mass is 10.0. The van der Waals surface area contributed by atoms with Gasteiger partial charge in [0.2, 0.25) is 0 Å². The lowest BCUT2D eigenvalue weighted by Crippen LogP contribution is -2.30. The van der Waals surface area contributed by atoms with Crippen molar-refractivity contribution < 1.29 is 80.2 Å². The van der Waals surface area contributed by atoms with Gasteiger partial charge in [-0.15, -0.1) is 0 Å². The van der Waals surface area contributed by atoms with Gasteiger partial charge in [0.05, 0.1) is 26.4 Å². The van der Waals surface area contributed by atoms with E-state index in [4.69, 9.17) is 37.0 Å². The van der Waals surface area contributed by atoms with Crippen molar-refractivity contribution in [1.29, 1.82) is 0 Å². The smallest absolute Gasteiger partial charge is 0.462 e. The molecule has 0 spiro atoms. The molecule has 0 amide bonds. The molecule has 19 heteroatoms. The van der Waals surface area contributed by atoms with Crippen molar-refractivity contribution in [2.45, 2.75) is 342 Å². The zero-order valence-corrected chi connectivity index (χ0v) is 55.1. The van der Waals surface area contributed by atoms with Gasteiger partial charge in [0, 0.05) is 25.7 Å². The summed E-state index contributed by atoms with van der Waals surface area (Å²) in [6, 6.07) is 0. The standard InChI is InChI=1S/C64H124O17P2/c1-6-9-12-15-18-20-21-22-23-26-29-34-38-43-48-62(67)75-54-60(81-64(69)50-45-40-35-30-27-24-25-28-32-36-41-46-57(4)5)56-79-83(72,73)77-52-58(65)51-76-82(70,71)78-55-59(53-74-61(66)47-42-37-31-17-14-11-8-3)80-63(68)49-44-39-33-19-16-13-10-7-2/h57-60,65H,6-56H2,1-5H3,(H,70,71)(H,72,73)/t58-,59+,60+/m0/s1. The van der Waals surface area contributed by atoms with Gasteiger partial charge in [-0.3, -0.25) is 37.3 Å². The quantitative estimate of drug-likeness (QED) is 0.0222. The van der Waals surface area contributed by atoms with E-state index in [1.807, 2.05) is 0 Å². The Labute approximate surface area is 505 Å². The van der Waals surface area contributed by atoms with Gasteiger partial charge in [0.25, 0.3) is 0 Å². The van der Waals surface area contributed by atoms with Gasteiger partial charge in [0.1, 0.15) is 19.3 Å². The number of rotatable bonds is 64. The molecule has 492 valence electrons. The van der Waals surface area contributed by atoms with E-state index in [0.29, 0.717) is 25.7 Å². The number of hydrogen-bond acceptors (Lipinski definition) is 15. The maximum Gasteiger partial charge on any atom is 0.472 e. The van der Waals surface area contributed by atoms with Crippen LogP contribution in [0.2, 0.25) is 0 Å². The van der Waals surface area contributed by atoms with Crippen LogP contribution in [0.1, 0.15) is 324 Å². The first-order chi connectivity index (χ1) is 40.0. The van der Waals surface area contributed by atoms with E-state index >= 15 is 0 Å². The summed E-state index contributed by atoms with van der Waals surface area (Å²) >= 11 is 0. The summed E-state index contributed by atoms with van der Waals surface area (Å²) in [5.74, 6) is -1.37. The second-order valence-corrected chi connectivity index (χ2v) is 26.5. The molecular formula is C64H124O17P2. The van der Waals surface area contributed by atoms with Gasteiger partial charge >= 0.3 is 39.5 Å². The molecule has 0 aromatic carbocycles. The second-order valence-electron chi connectivity index (χ2n) is 23.6. The Bertz CT molecular complexity index is 1620. The van der Waals surface area contributed by atoms with Crippen molar-refractivity contribution in [3.63, 3.8) is 0 Å². The normalized spacial score (nSPS) is 14.2. The summed E-state index contributed by atoms with van der Waals surface area (Å²) in [6.07, 6.45) is 41.8. The second kappa shape index (κ2) is 57.8. The number of carbonyl (C=O) groups excluding carboxylic acids is 4. The van der Waals surface area contributed by atoms with E-state index in [-0.39, 0.29) is 25.7 Å². The van der Waals surface area contributed by atoms with E-state index in [2.05, 4.69) is 34.6 Å². The molecule has 0 aliphatic carbocycles. The number of carbonyl (C=O) groups is 4. The van der Waals surface area contributed by atoms with Crippen LogP contribution in [0, 0.1) is 5.92 Å². The predicted molar refractivity (Wildman–Crippen MR) is 331 cm³/mol. The summed E-state index contributed by atoms with van der Waals surface area (Å²) in [4.78, 5) is 72.0. The van der Waals surface area contributed by atoms with E-state index in [1.54, 1.807) is 0 Å². The Morgan fingerprint density at radius 2 is 0.554 bits per heavy atom. The van der Waals surface area contributed by atoms with Crippen LogP contribution in [0.4, 0.5) is 0 Å². The molecule has 0 aliphatic rings. The van der Waals surface area contributed by atoms with Gasteiger partial charge < -0.3 is 33.8 Å². The van der Waals surface area contributed by atoms with Crippen molar-refractivity contribution in [2.24, 2.45) is 5.92 Å². The number of phosphoric ester groups is 2. The highest BCUT2D eigenvalue weighted by Crippen LogP contribution is 2.45. The van der Waals surface area contributed by atoms with E-state index in [1.165, 1.54) is 128 Å². The summed E-state index contributed by atoms with van der Waals surface area (Å²) in [7, 11) is -9.88. The van der Waals surface area contributed by atoms with Crippen LogP contribution in [0.25, 0.3) is 0 Å². The zero-order chi connectivity index (χ0) is 61.3.